The van der Waals surface area contributed by atoms with Crippen LogP contribution < -0.4 is 11.3 Å². The van der Waals surface area contributed by atoms with Gasteiger partial charge in [0.2, 0.25) is 0 Å². The molecule has 1 unspecified atom stereocenters. The molecule has 106 valence electrons. The Kier molecular flexibility index (Phi) is 3.88. The summed E-state index contributed by atoms with van der Waals surface area (Å²) in [5, 5.41) is 2.96. The van der Waals surface area contributed by atoms with Crippen LogP contribution in [-0.2, 0) is 0 Å². The molecule has 0 spiro atoms. The number of nitrogens with zero attached hydrogens (tertiary/aromatic N) is 1. The Morgan fingerprint density at radius 3 is 2.71 bits per heavy atom. The Bertz CT molecular complexity index is 781. The second-order valence-corrected chi connectivity index (χ2v) is 5.47. The minimum Gasteiger partial charge on any atom is -0.271 e. The Hall–Kier alpha value is -1.94. The highest BCUT2D eigenvalue weighted by molar-refractivity contribution is 6.31. The Morgan fingerprint density at radius 2 is 1.95 bits per heavy atom. The van der Waals surface area contributed by atoms with Crippen LogP contribution in [-0.4, -0.2) is 4.98 Å². The van der Waals surface area contributed by atoms with Crippen LogP contribution in [0, 0.1) is 6.92 Å². The third-order valence-electron chi connectivity index (χ3n) is 3.71. The number of fused-ring (bicyclic) bond motifs is 1. The number of hydrazine groups is 1. The summed E-state index contributed by atoms with van der Waals surface area (Å²) < 4.78 is 0. The van der Waals surface area contributed by atoms with E-state index in [4.69, 9.17) is 17.4 Å². The van der Waals surface area contributed by atoms with Gasteiger partial charge in [-0.1, -0.05) is 48.0 Å². The van der Waals surface area contributed by atoms with E-state index in [1.54, 1.807) is 0 Å². The number of pyridine rings is 1. The van der Waals surface area contributed by atoms with E-state index < -0.39 is 0 Å². The van der Waals surface area contributed by atoms with Crippen LogP contribution in [0.15, 0.2) is 54.9 Å². The summed E-state index contributed by atoms with van der Waals surface area (Å²) in [5.74, 6) is 5.80. The van der Waals surface area contributed by atoms with Crippen molar-refractivity contribution >= 4 is 22.4 Å². The number of aromatic nitrogens is 1. The number of nitrogens with two attached hydrogens (primary N) is 1. The maximum atomic E-state index is 6.24. The Labute approximate surface area is 128 Å². The van der Waals surface area contributed by atoms with Crippen LogP contribution in [0.3, 0.4) is 0 Å². The van der Waals surface area contributed by atoms with Crippen molar-refractivity contribution in [1.82, 2.24) is 10.4 Å². The number of nitrogens with one attached hydrogen (secondary N) is 1. The van der Waals surface area contributed by atoms with Crippen molar-refractivity contribution in [3.05, 3.63) is 76.6 Å². The molecule has 21 heavy (non-hydrogen) atoms. The molecule has 0 aliphatic carbocycles. The van der Waals surface area contributed by atoms with E-state index in [9.17, 15) is 0 Å². The number of rotatable bonds is 3. The molecule has 2 aromatic carbocycles. The molecular weight excluding hydrogens is 282 g/mol. The lowest BCUT2D eigenvalue weighted by Crippen LogP contribution is -2.29. The van der Waals surface area contributed by atoms with Crippen molar-refractivity contribution in [2.45, 2.75) is 13.0 Å². The quantitative estimate of drug-likeness (QED) is 0.572. The van der Waals surface area contributed by atoms with Crippen molar-refractivity contribution in [2.24, 2.45) is 5.84 Å². The van der Waals surface area contributed by atoms with E-state index in [1.807, 2.05) is 55.7 Å². The summed E-state index contributed by atoms with van der Waals surface area (Å²) >= 11 is 6.24. The predicted octanol–water partition coefficient (Wildman–Crippen LogP) is 3.75. The Balaban J connectivity index is 2.16. The van der Waals surface area contributed by atoms with Crippen molar-refractivity contribution in [1.29, 1.82) is 0 Å². The van der Waals surface area contributed by atoms with E-state index in [2.05, 4.69) is 16.5 Å². The van der Waals surface area contributed by atoms with Crippen molar-refractivity contribution in [3.8, 4) is 0 Å². The fraction of sp³-hybridized carbons (Fsp3) is 0.118. The first kappa shape index (κ1) is 14.0. The minimum absolute atomic E-state index is 0.151. The zero-order chi connectivity index (χ0) is 14.8. The average molecular weight is 298 g/mol. The topological polar surface area (TPSA) is 50.9 Å². The second-order valence-electron chi connectivity index (χ2n) is 5.06. The lowest BCUT2D eigenvalue weighted by Gasteiger charge is -2.19. The van der Waals surface area contributed by atoms with Crippen LogP contribution in [0.4, 0.5) is 0 Å². The van der Waals surface area contributed by atoms with E-state index in [-0.39, 0.29) is 6.04 Å². The van der Waals surface area contributed by atoms with Crippen LogP contribution in [0.25, 0.3) is 10.8 Å². The molecule has 0 fully saturated rings. The third kappa shape index (κ3) is 2.63. The first-order valence-corrected chi connectivity index (χ1v) is 7.13. The van der Waals surface area contributed by atoms with E-state index in [0.29, 0.717) is 0 Å². The average Bonchev–Trinajstić information content (AvgIpc) is 2.52. The summed E-state index contributed by atoms with van der Waals surface area (Å²) in [6.07, 6.45) is 3.70. The third-order valence-corrected chi connectivity index (χ3v) is 4.11. The van der Waals surface area contributed by atoms with Gasteiger partial charge in [-0.2, -0.15) is 0 Å². The van der Waals surface area contributed by atoms with Gasteiger partial charge in [0.15, 0.2) is 0 Å². The standard InChI is InChI=1S/C17H16ClN3/c1-11-6-7-12(8-16(11)18)17(21-19)15-10-20-9-13-4-2-3-5-14(13)15/h2-10,17,21H,19H2,1H3. The molecule has 0 saturated carbocycles. The summed E-state index contributed by atoms with van der Waals surface area (Å²) in [5.41, 5.74) is 5.98. The van der Waals surface area contributed by atoms with Crippen molar-refractivity contribution in [3.63, 3.8) is 0 Å². The molecular formula is C17H16ClN3. The molecule has 0 radical (unpaired) electrons. The first-order valence-electron chi connectivity index (χ1n) is 6.75. The maximum absolute atomic E-state index is 6.24. The van der Waals surface area contributed by atoms with E-state index >= 15 is 0 Å². The van der Waals surface area contributed by atoms with E-state index in [1.165, 1.54) is 0 Å². The molecule has 3 N–H and O–H groups in total. The van der Waals surface area contributed by atoms with Gasteiger partial charge in [-0.25, -0.2) is 5.43 Å². The number of aryl methyl sites for hydroxylation is 1. The molecule has 0 aliphatic heterocycles. The smallest absolute Gasteiger partial charge is 0.0731 e. The van der Waals surface area contributed by atoms with Gasteiger partial charge in [0.25, 0.3) is 0 Å². The van der Waals surface area contributed by atoms with Gasteiger partial charge in [0, 0.05) is 28.4 Å². The molecule has 3 nitrogen and oxygen atoms in total. The van der Waals surface area contributed by atoms with Gasteiger partial charge in [0.05, 0.1) is 6.04 Å². The summed E-state index contributed by atoms with van der Waals surface area (Å²) in [7, 11) is 0. The van der Waals surface area contributed by atoms with E-state index in [0.717, 1.165) is 32.5 Å². The zero-order valence-corrected chi connectivity index (χ0v) is 12.4. The highest BCUT2D eigenvalue weighted by Gasteiger charge is 2.16. The summed E-state index contributed by atoms with van der Waals surface area (Å²) in [4.78, 5) is 4.32. The number of hydrogen-bond donors (Lipinski definition) is 2. The normalized spacial score (nSPS) is 12.5. The SMILES string of the molecule is Cc1ccc(C(NN)c2cncc3ccccc23)cc1Cl. The van der Waals surface area contributed by atoms with Crippen molar-refractivity contribution < 1.29 is 0 Å². The van der Waals surface area contributed by atoms with Crippen LogP contribution in [0.5, 0.6) is 0 Å². The van der Waals surface area contributed by atoms with Gasteiger partial charge in [-0.05, 0) is 29.5 Å². The molecule has 3 aromatic rings. The summed E-state index contributed by atoms with van der Waals surface area (Å²) in [6, 6.07) is 14.0. The highest BCUT2D eigenvalue weighted by atomic mass is 35.5. The maximum Gasteiger partial charge on any atom is 0.0731 e. The molecule has 1 heterocycles. The number of benzene rings is 2. The summed E-state index contributed by atoms with van der Waals surface area (Å²) in [6.45, 7) is 1.98. The molecule has 0 bridgehead atoms. The lowest BCUT2D eigenvalue weighted by atomic mass is 9.95. The molecule has 0 saturated heterocycles. The molecule has 0 aliphatic rings. The molecule has 4 heteroatoms. The second kappa shape index (κ2) is 5.82. The van der Waals surface area contributed by atoms with Gasteiger partial charge >= 0.3 is 0 Å². The molecule has 3 rings (SSSR count). The van der Waals surface area contributed by atoms with Gasteiger partial charge in [0.1, 0.15) is 0 Å². The van der Waals surface area contributed by atoms with Crippen LogP contribution >= 0.6 is 11.6 Å². The Morgan fingerprint density at radius 1 is 1.14 bits per heavy atom. The molecule has 1 atom stereocenters. The molecule has 0 amide bonds. The lowest BCUT2D eigenvalue weighted by molar-refractivity contribution is 0.639. The first-order chi connectivity index (χ1) is 10.2. The van der Waals surface area contributed by atoms with Gasteiger partial charge < -0.3 is 0 Å². The molecule has 1 aromatic heterocycles. The predicted molar refractivity (Wildman–Crippen MR) is 87.1 cm³/mol. The minimum atomic E-state index is -0.151. The zero-order valence-electron chi connectivity index (χ0n) is 11.7. The van der Waals surface area contributed by atoms with Gasteiger partial charge in [-0.15, -0.1) is 0 Å². The number of hydrogen-bond acceptors (Lipinski definition) is 3. The van der Waals surface area contributed by atoms with Crippen LogP contribution in [0.2, 0.25) is 5.02 Å². The number of halogens is 1. The fourth-order valence-electron chi connectivity index (χ4n) is 2.52. The fourth-order valence-corrected chi connectivity index (χ4v) is 2.71. The van der Waals surface area contributed by atoms with Crippen molar-refractivity contribution in [2.75, 3.05) is 0 Å². The monoisotopic (exact) mass is 297 g/mol. The highest BCUT2D eigenvalue weighted by Crippen LogP contribution is 2.29. The van der Waals surface area contributed by atoms with Crippen LogP contribution in [0.1, 0.15) is 22.7 Å². The largest absolute Gasteiger partial charge is 0.271 e. The van der Waals surface area contributed by atoms with Gasteiger partial charge in [-0.3, -0.25) is 10.8 Å².